The highest BCUT2D eigenvalue weighted by atomic mass is 19.4. The zero-order chi connectivity index (χ0) is 30.6. The van der Waals surface area contributed by atoms with E-state index in [0.29, 0.717) is 38.0 Å². The molecule has 3 heterocycles. The normalized spacial score (nSPS) is 17.8. The van der Waals surface area contributed by atoms with Crippen molar-refractivity contribution < 1.29 is 36.3 Å². The first-order chi connectivity index (χ1) is 20.5. The van der Waals surface area contributed by atoms with Gasteiger partial charge in [-0.05, 0) is 54.8 Å². The Balaban J connectivity index is 1.12. The largest absolute Gasteiger partial charge is 0.478 e. The Hall–Kier alpha value is -4.06. The minimum atomic E-state index is -4.62. The Morgan fingerprint density at radius 1 is 0.930 bits per heavy atom. The molecule has 0 radical (unpaired) electrons. The van der Waals surface area contributed by atoms with Crippen LogP contribution >= 0.6 is 0 Å². The van der Waals surface area contributed by atoms with Gasteiger partial charge in [0.2, 0.25) is 5.60 Å². The summed E-state index contributed by atoms with van der Waals surface area (Å²) in [4.78, 5) is 33.3. The van der Waals surface area contributed by atoms with E-state index in [9.17, 15) is 31.5 Å². The average molecular weight is 603 g/mol. The van der Waals surface area contributed by atoms with Crippen molar-refractivity contribution in [1.29, 1.82) is 0 Å². The third-order valence-corrected chi connectivity index (χ3v) is 7.93. The molecule has 2 saturated heterocycles. The van der Waals surface area contributed by atoms with E-state index in [1.165, 1.54) is 47.5 Å². The summed E-state index contributed by atoms with van der Waals surface area (Å²) in [5.41, 5.74) is -1.57. The summed E-state index contributed by atoms with van der Waals surface area (Å²) in [6.45, 7) is 1.36. The van der Waals surface area contributed by atoms with E-state index in [1.54, 1.807) is 18.2 Å². The van der Waals surface area contributed by atoms with Crippen LogP contribution in [-0.4, -0.2) is 70.6 Å². The topological polar surface area (TPSA) is 74.8 Å². The molecule has 0 aliphatic carbocycles. The molecule has 0 saturated carbocycles. The van der Waals surface area contributed by atoms with E-state index in [2.05, 4.69) is 15.2 Å². The number of carbonyl (C=O) groups is 2. The van der Waals surface area contributed by atoms with Crippen LogP contribution in [-0.2, 0) is 6.54 Å². The second-order valence-electron chi connectivity index (χ2n) is 10.9. The highest BCUT2D eigenvalue weighted by Gasteiger charge is 2.58. The summed E-state index contributed by atoms with van der Waals surface area (Å²) in [7, 11) is 0. The van der Waals surface area contributed by atoms with Crippen molar-refractivity contribution in [1.82, 2.24) is 20.1 Å². The third-order valence-electron chi connectivity index (χ3n) is 7.93. The highest BCUT2D eigenvalue weighted by molar-refractivity contribution is 5.96. The van der Waals surface area contributed by atoms with Gasteiger partial charge < -0.3 is 15.0 Å². The second kappa shape index (κ2) is 12.7. The molecule has 2 aromatic carbocycles. The maximum absolute atomic E-state index is 14.1. The van der Waals surface area contributed by atoms with E-state index in [-0.39, 0.29) is 36.1 Å². The Labute approximate surface area is 245 Å². The molecule has 0 unspecified atom stereocenters. The number of benzene rings is 2. The number of hydrogen-bond donors (Lipinski definition) is 1. The Morgan fingerprint density at radius 3 is 2.16 bits per heavy atom. The zero-order valence-corrected chi connectivity index (χ0v) is 23.2. The minimum absolute atomic E-state index is 0.111. The molecule has 1 aromatic heterocycles. The minimum Gasteiger partial charge on any atom is -0.478 e. The first-order valence-corrected chi connectivity index (χ1v) is 14.1. The van der Waals surface area contributed by atoms with Crippen LogP contribution in [0.3, 0.4) is 0 Å². The van der Waals surface area contributed by atoms with Crippen LogP contribution in [0.25, 0.3) is 0 Å². The van der Waals surface area contributed by atoms with Gasteiger partial charge in [0.05, 0.1) is 5.56 Å². The Morgan fingerprint density at radius 2 is 1.58 bits per heavy atom. The van der Waals surface area contributed by atoms with Gasteiger partial charge in [0.15, 0.2) is 0 Å². The van der Waals surface area contributed by atoms with Crippen molar-refractivity contribution in [3.05, 3.63) is 95.3 Å². The molecule has 1 N–H and O–H groups in total. The summed E-state index contributed by atoms with van der Waals surface area (Å²) in [5.74, 6) is -2.00. The Kier molecular flexibility index (Phi) is 8.95. The highest BCUT2D eigenvalue weighted by Crippen LogP contribution is 2.42. The number of likely N-dealkylation sites (tertiary alicyclic amines) is 2. The number of para-hydroxylation sites is 1. The maximum Gasteiger partial charge on any atom is 0.428 e. The van der Waals surface area contributed by atoms with Crippen LogP contribution < -0.4 is 10.1 Å². The standard InChI is InChI=1S/C31H31F5N4O3/c32-23-16-21(17-24(33)18-23)20-39-12-8-25(9-13-39)38-28(41)27-7-6-22(19-37-27)29(42)40-14-10-30(11-15-40,31(34,35)36)43-26-4-2-1-3-5-26/h1-7,16-19,25H,8-15,20H2,(H,38,41). The number of hydrogen-bond acceptors (Lipinski definition) is 5. The van der Waals surface area contributed by atoms with Crippen molar-refractivity contribution in [3.8, 4) is 5.75 Å². The number of piperidine rings is 2. The number of halogens is 5. The quantitative estimate of drug-likeness (QED) is 0.368. The van der Waals surface area contributed by atoms with Crippen LogP contribution in [0.4, 0.5) is 22.0 Å². The van der Waals surface area contributed by atoms with Gasteiger partial charge in [-0.1, -0.05) is 18.2 Å². The molecule has 2 amide bonds. The molecule has 2 aliphatic heterocycles. The summed E-state index contributed by atoms with van der Waals surface area (Å²) < 4.78 is 74.5. The zero-order valence-electron chi connectivity index (χ0n) is 23.2. The monoisotopic (exact) mass is 602 g/mol. The number of pyridine rings is 1. The van der Waals surface area contributed by atoms with E-state index < -0.39 is 48.1 Å². The van der Waals surface area contributed by atoms with Gasteiger partial charge in [0.25, 0.3) is 11.8 Å². The van der Waals surface area contributed by atoms with Gasteiger partial charge in [-0.3, -0.25) is 19.5 Å². The van der Waals surface area contributed by atoms with Gasteiger partial charge in [-0.25, -0.2) is 8.78 Å². The molecule has 7 nitrogen and oxygen atoms in total. The van der Waals surface area contributed by atoms with E-state index >= 15 is 0 Å². The van der Waals surface area contributed by atoms with Crippen molar-refractivity contribution in [2.75, 3.05) is 26.2 Å². The van der Waals surface area contributed by atoms with Crippen LogP contribution in [0.5, 0.6) is 5.75 Å². The van der Waals surface area contributed by atoms with Gasteiger partial charge in [0, 0.05) is 63.9 Å². The molecule has 228 valence electrons. The van der Waals surface area contributed by atoms with E-state index in [4.69, 9.17) is 4.74 Å². The summed E-state index contributed by atoms with van der Waals surface area (Å²) in [6, 6.07) is 14.0. The first-order valence-electron chi connectivity index (χ1n) is 14.1. The lowest BCUT2D eigenvalue weighted by Gasteiger charge is -2.42. The van der Waals surface area contributed by atoms with Crippen LogP contribution in [0, 0.1) is 11.6 Å². The number of amides is 2. The van der Waals surface area contributed by atoms with Crippen molar-refractivity contribution in [2.24, 2.45) is 0 Å². The molecule has 0 spiro atoms. The molecule has 0 bridgehead atoms. The second-order valence-corrected chi connectivity index (χ2v) is 10.9. The maximum atomic E-state index is 14.1. The predicted octanol–water partition coefficient (Wildman–Crippen LogP) is 5.37. The number of nitrogens with zero attached hydrogens (tertiary/aromatic N) is 3. The molecular weight excluding hydrogens is 571 g/mol. The fourth-order valence-corrected chi connectivity index (χ4v) is 5.52. The molecule has 2 fully saturated rings. The lowest BCUT2D eigenvalue weighted by atomic mass is 9.90. The van der Waals surface area contributed by atoms with Gasteiger partial charge >= 0.3 is 6.18 Å². The van der Waals surface area contributed by atoms with Gasteiger partial charge in [-0.15, -0.1) is 0 Å². The fraction of sp³-hybridized carbons (Fsp3) is 0.387. The molecule has 3 aromatic rings. The molecule has 2 aliphatic rings. The lowest BCUT2D eigenvalue weighted by molar-refractivity contribution is -0.260. The van der Waals surface area contributed by atoms with Crippen molar-refractivity contribution in [3.63, 3.8) is 0 Å². The average Bonchev–Trinajstić information content (AvgIpc) is 2.98. The SMILES string of the molecule is O=C(NC1CCN(Cc2cc(F)cc(F)c2)CC1)c1ccc(C(=O)N2CCC(Oc3ccccc3)(C(F)(F)F)CC2)cn1. The summed E-state index contributed by atoms with van der Waals surface area (Å²) in [6.07, 6.45) is -2.91. The number of alkyl halides is 3. The van der Waals surface area contributed by atoms with Gasteiger partial charge in [0.1, 0.15) is 23.1 Å². The van der Waals surface area contributed by atoms with E-state index in [0.717, 1.165) is 6.07 Å². The Bertz CT molecular complexity index is 1400. The third kappa shape index (κ3) is 7.30. The fourth-order valence-electron chi connectivity index (χ4n) is 5.52. The lowest BCUT2D eigenvalue weighted by Crippen LogP contribution is -2.57. The number of nitrogens with one attached hydrogen (secondary N) is 1. The molecule has 43 heavy (non-hydrogen) atoms. The van der Waals surface area contributed by atoms with Crippen LogP contribution in [0.2, 0.25) is 0 Å². The number of aromatic nitrogens is 1. The first kappa shape index (κ1) is 30.4. The van der Waals surface area contributed by atoms with Gasteiger partial charge in [-0.2, -0.15) is 13.2 Å². The summed E-state index contributed by atoms with van der Waals surface area (Å²) in [5, 5.41) is 2.93. The number of carbonyl (C=O) groups excluding carboxylic acids is 2. The molecule has 5 rings (SSSR count). The molecular formula is C31H31F5N4O3. The molecule has 0 atom stereocenters. The van der Waals surface area contributed by atoms with E-state index in [1.807, 2.05) is 0 Å². The van der Waals surface area contributed by atoms with Crippen LogP contribution in [0.1, 0.15) is 52.1 Å². The summed E-state index contributed by atoms with van der Waals surface area (Å²) >= 11 is 0. The number of ether oxygens (including phenoxy) is 1. The number of rotatable bonds is 7. The molecule has 12 heteroatoms. The predicted molar refractivity (Wildman–Crippen MR) is 147 cm³/mol. The van der Waals surface area contributed by atoms with Crippen molar-refractivity contribution in [2.45, 2.75) is 50.0 Å². The van der Waals surface area contributed by atoms with Crippen molar-refractivity contribution >= 4 is 11.8 Å². The smallest absolute Gasteiger partial charge is 0.428 e. The van der Waals surface area contributed by atoms with Crippen LogP contribution in [0.15, 0.2) is 66.9 Å².